The van der Waals surface area contributed by atoms with Crippen molar-refractivity contribution in [2.75, 3.05) is 0 Å². The van der Waals surface area contributed by atoms with Crippen LogP contribution in [0.15, 0.2) is 78.9 Å². The molecule has 1 heterocycles. The maximum absolute atomic E-state index is 3.66. The van der Waals surface area contributed by atoms with Crippen molar-refractivity contribution in [3.8, 4) is 22.4 Å². The zero-order chi connectivity index (χ0) is 17.4. The number of H-pyrrole nitrogens is 1. The monoisotopic (exact) mass is 325 g/mol. The lowest BCUT2D eigenvalue weighted by atomic mass is 9.85. The molecule has 0 bridgehead atoms. The van der Waals surface area contributed by atoms with E-state index in [1.165, 1.54) is 38.9 Å². The average molecular weight is 325 g/mol. The second-order valence-electron chi connectivity index (χ2n) is 7.62. The molecule has 0 aliphatic carbocycles. The van der Waals surface area contributed by atoms with E-state index in [4.69, 9.17) is 0 Å². The van der Waals surface area contributed by atoms with E-state index < -0.39 is 0 Å². The Hall–Kier alpha value is -2.80. The molecule has 0 radical (unpaired) electrons. The van der Waals surface area contributed by atoms with Crippen LogP contribution < -0.4 is 0 Å². The van der Waals surface area contributed by atoms with E-state index in [0.29, 0.717) is 0 Å². The van der Waals surface area contributed by atoms with Crippen LogP contribution in [0.3, 0.4) is 0 Å². The fraction of sp³-hybridized carbons (Fsp3) is 0.167. The first kappa shape index (κ1) is 15.7. The van der Waals surface area contributed by atoms with E-state index in [0.717, 1.165) is 0 Å². The summed E-state index contributed by atoms with van der Waals surface area (Å²) >= 11 is 0. The van der Waals surface area contributed by atoms with Gasteiger partial charge in [0, 0.05) is 16.5 Å². The first-order valence-electron chi connectivity index (χ1n) is 8.81. The highest BCUT2D eigenvalue weighted by atomic mass is 14.7. The highest BCUT2D eigenvalue weighted by Crippen LogP contribution is 2.39. The van der Waals surface area contributed by atoms with Crippen molar-refractivity contribution in [2.45, 2.75) is 26.2 Å². The summed E-state index contributed by atoms with van der Waals surface area (Å²) in [6.45, 7) is 6.79. The zero-order valence-electron chi connectivity index (χ0n) is 15.0. The highest BCUT2D eigenvalue weighted by molar-refractivity contribution is 6.04. The van der Waals surface area contributed by atoms with E-state index in [9.17, 15) is 0 Å². The molecule has 124 valence electrons. The lowest BCUT2D eigenvalue weighted by molar-refractivity contribution is 0.591. The van der Waals surface area contributed by atoms with Gasteiger partial charge in [-0.1, -0.05) is 87.5 Å². The van der Waals surface area contributed by atoms with Gasteiger partial charge in [0.1, 0.15) is 0 Å². The van der Waals surface area contributed by atoms with Crippen LogP contribution in [0, 0.1) is 0 Å². The van der Waals surface area contributed by atoms with Crippen molar-refractivity contribution in [3.63, 3.8) is 0 Å². The van der Waals surface area contributed by atoms with Gasteiger partial charge < -0.3 is 4.98 Å². The van der Waals surface area contributed by atoms with Crippen molar-refractivity contribution in [2.24, 2.45) is 0 Å². The quantitative estimate of drug-likeness (QED) is 0.417. The summed E-state index contributed by atoms with van der Waals surface area (Å²) in [6.07, 6.45) is 0. The van der Waals surface area contributed by atoms with Crippen LogP contribution in [0.2, 0.25) is 0 Å². The van der Waals surface area contributed by atoms with Gasteiger partial charge in [0.2, 0.25) is 0 Å². The average Bonchev–Trinajstić information content (AvgIpc) is 3.01. The zero-order valence-corrected chi connectivity index (χ0v) is 15.0. The third kappa shape index (κ3) is 2.87. The maximum Gasteiger partial charge on any atom is 0.0544 e. The first-order chi connectivity index (χ1) is 12.0. The van der Waals surface area contributed by atoms with Gasteiger partial charge in [-0.15, -0.1) is 0 Å². The Bertz CT molecular complexity index is 1000. The van der Waals surface area contributed by atoms with Crippen LogP contribution in [0.4, 0.5) is 0 Å². The van der Waals surface area contributed by atoms with Crippen molar-refractivity contribution in [1.29, 1.82) is 0 Å². The number of aromatic amines is 1. The number of nitrogens with one attached hydrogen (secondary N) is 1. The highest BCUT2D eigenvalue weighted by Gasteiger charge is 2.19. The van der Waals surface area contributed by atoms with Gasteiger partial charge in [0.15, 0.2) is 0 Å². The third-order valence-corrected chi connectivity index (χ3v) is 4.79. The molecule has 4 rings (SSSR count). The Labute approximate surface area is 149 Å². The second-order valence-corrected chi connectivity index (χ2v) is 7.62. The predicted molar refractivity (Wildman–Crippen MR) is 108 cm³/mol. The molecule has 1 nitrogen and oxygen atoms in total. The standard InChI is InChI=1S/C24H23N/c1-24(2,3)19-14-15-21-20(16-19)22(17-10-6-4-7-11-17)23(25-21)18-12-8-5-9-13-18/h4-16,25H,1-3H3. The molecule has 25 heavy (non-hydrogen) atoms. The molecule has 0 aliphatic rings. The lowest BCUT2D eigenvalue weighted by Crippen LogP contribution is -2.10. The van der Waals surface area contributed by atoms with Gasteiger partial charge in [-0.05, 0) is 34.2 Å². The Kier molecular flexibility index (Phi) is 3.73. The first-order valence-corrected chi connectivity index (χ1v) is 8.81. The summed E-state index contributed by atoms with van der Waals surface area (Å²) in [7, 11) is 0. The molecule has 1 aromatic heterocycles. The molecule has 0 unspecified atom stereocenters. The molecule has 0 amide bonds. The van der Waals surface area contributed by atoms with Gasteiger partial charge in [0.05, 0.1) is 5.69 Å². The van der Waals surface area contributed by atoms with Gasteiger partial charge in [-0.2, -0.15) is 0 Å². The van der Waals surface area contributed by atoms with E-state index in [1.807, 2.05) is 0 Å². The van der Waals surface area contributed by atoms with E-state index in [2.05, 4.69) is 105 Å². The molecule has 3 aromatic carbocycles. The molecule has 4 aromatic rings. The molecule has 1 N–H and O–H groups in total. The normalized spacial score (nSPS) is 11.8. The number of aromatic nitrogens is 1. The van der Waals surface area contributed by atoms with Gasteiger partial charge in [-0.3, -0.25) is 0 Å². The van der Waals surface area contributed by atoms with E-state index in [1.54, 1.807) is 0 Å². The minimum atomic E-state index is 0.131. The largest absolute Gasteiger partial charge is 0.354 e. The Morgan fingerprint density at radius 2 is 1.28 bits per heavy atom. The summed E-state index contributed by atoms with van der Waals surface area (Å²) in [5.41, 5.74) is 7.61. The number of hydrogen-bond donors (Lipinski definition) is 1. The summed E-state index contributed by atoms with van der Waals surface area (Å²) in [5, 5.41) is 1.29. The van der Waals surface area contributed by atoms with E-state index in [-0.39, 0.29) is 5.41 Å². The number of rotatable bonds is 2. The van der Waals surface area contributed by atoms with E-state index >= 15 is 0 Å². The summed E-state index contributed by atoms with van der Waals surface area (Å²) in [5.74, 6) is 0. The van der Waals surface area contributed by atoms with Crippen molar-refractivity contribution in [3.05, 3.63) is 84.4 Å². The molecular formula is C24H23N. The number of fused-ring (bicyclic) bond motifs is 1. The topological polar surface area (TPSA) is 15.8 Å². The Balaban J connectivity index is 2.05. The fourth-order valence-corrected chi connectivity index (χ4v) is 3.38. The van der Waals surface area contributed by atoms with Gasteiger partial charge in [-0.25, -0.2) is 0 Å². The Morgan fingerprint density at radius 3 is 1.88 bits per heavy atom. The molecule has 0 saturated carbocycles. The van der Waals surface area contributed by atoms with Crippen molar-refractivity contribution < 1.29 is 0 Å². The smallest absolute Gasteiger partial charge is 0.0544 e. The summed E-state index contributed by atoms with van der Waals surface area (Å²) < 4.78 is 0. The number of hydrogen-bond acceptors (Lipinski definition) is 0. The predicted octanol–water partition coefficient (Wildman–Crippen LogP) is 6.80. The fourth-order valence-electron chi connectivity index (χ4n) is 3.38. The second kappa shape index (κ2) is 5.93. The van der Waals surface area contributed by atoms with Gasteiger partial charge >= 0.3 is 0 Å². The van der Waals surface area contributed by atoms with Gasteiger partial charge in [0.25, 0.3) is 0 Å². The van der Waals surface area contributed by atoms with Crippen LogP contribution in [0.25, 0.3) is 33.3 Å². The summed E-state index contributed by atoms with van der Waals surface area (Å²) in [6, 6.07) is 28.1. The molecular weight excluding hydrogens is 302 g/mol. The van der Waals surface area contributed by atoms with Crippen LogP contribution >= 0.6 is 0 Å². The van der Waals surface area contributed by atoms with Crippen LogP contribution in [-0.2, 0) is 5.41 Å². The van der Waals surface area contributed by atoms with Crippen LogP contribution in [0.1, 0.15) is 26.3 Å². The lowest BCUT2D eigenvalue weighted by Gasteiger charge is -2.19. The molecule has 0 spiro atoms. The van der Waals surface area contributed by atoms with Crippen LogP contribution in [-0.4, -0.2) is 4.98 Å². The SMILES string of the molecule is CC(C)(C)c1ccc2[nH]c(-c3ccccc3)c(-c3ccccc3)c2c1. The van der Waals surface area contributed by atoms with Crippen LogP contribution in [0.5, 0.6) is 0 Å². The molecule has 0 atom stereocenters. The molecule has 1 heteroatoms. The minimum Gasteiger partial charge on any atom is -0.354 e. The minimum absolute atomic E-state index is 0.131. The third-order valence-electron chi connectivity index (χ3n) is 4.79. The maximum atomic E-state index is 3.66. The van der Waals surface area contributed by atoms with Crippen molar-refractivity contribution in [1.82, 2.24) is 4.98 Å². The number of benzene rings is 3. The summed E-state index contributed by atoms with van der Waals surface area (Å²) in [4.78, 5) is 3.66. The molecule has 0 fully saturated rings. The molecule has 0 aliphatic heterocycles. The Morgan fingerprint density at radius 1 is 0.680 bits per heavy atom. The van der Waals surface area contributed by atoms with Crippen molar-refractivity contribution >= 4 is 10.9 Å². The molecule has 0 saturated heterocycles.